The first-order valence-electron chi connectivity index (χ1n) is 7.38. The summed E-state index contributed by atoms with van der Waals surface area (Å²) in [6.45, 7) is 2.64. The van der Waals surface area contributed by atoms with Crippen molar-refractivity contribution in [3.05, 3.63) is 30.3 Å². The molecule has 0 spiro atoms. The summed E-state index contributed by atoms with van der Waals surface area (Å²) >= 11 is 0. The lowest BCUT2D eigenvalue weighted by atomic mass is 9.97. The Balaban J connectivity index is 1.71. The van der Waals surface area contributed by atoms with Gasteiger partial charge in [-0.25, -0.2) is 0 Å². The number of para-hydroxylation sites is 1. The second kappa shape index (κ2) is 6.75. The van der Waals surface area contributed by atoms with Gasteiger partial charge in [0.25, 0.3) is 0 Å². The summed E-state index contributed by atoms with van der Waals surface area (Å²) < 4.78 is 0. The van der Waals surface area contributed by atoms with Crippen LogP contribution in [0.15, 0.2) is 30.3 Å². The summed E-state index contributed by atoms with van der Waals surface area (Å²) in [6, 6.07) is 9.94. The Morgan fingerprint density at radius 3 is 2.60 bits per heavy atom. The van der Waals surface area contributed by atoms with E-state index in [2.05, 4.69) is 10.6 Å². The summed E-state index contributed by atoms with van der Waals surface area (Å²) in [4.78, 5) is 11.9. The lowest BCUT2D eigenvalue weighted by Crippen LogP contribution is -2.41. The molecule has 1 aliphatic carbocycles. The fourth-order valence-electron chi connectivity index (χ4n) is 2.71. The molecule has 0 bridgehead atoms. The van der Waals surface area contributed by atoms with Crippen LogP contribution in [-0.2, 0) is 4.79 Å². The van der Waals surface area contributed by atoms with Crippen LogP contribution in [-0.4, -0.2) is 29.2 Å². The predicted octanol–water partition coefficient (Wildman–Crippen LogP) is 2.30. The maximum absolute atomic E-state index is 11.9. The van der Waals surface area contributed by atoms with E-state index in [1.54, 1.807) is 0 Å². The molecule has 0 aromatic heterocycles. The second-order valence-corrected chi connectivity index (χ2v) is 5.82. The Labute approximate surface area is 120 Å². The Hall–Kier alpha value is -1.55. The number of nitrogens with one attached hydrogen (secondary N) is 2. The van der Waals surface area contributed by atoms with Gasteiger partial charge in [0.15, 0.2) is 0 Å². The monoisotopic (exact) mass is 276 g/mol. The molecule has 1 saturated carbocycles. The summed E-state index contributed by atoms with van der Waals surface area (Å²) in [5.74, 6) is -0.0586. The first kappa shape index (κ1) is 14.9. The van der Waals surface area contributed by atoms with Gasteiger partial charge >= 0.3 is 0 Å². The molecule has 1 aromatic carbocycles. The van der Waals surface area contributed by atoms with Crippen molar-refractivity contribution in [3.8, 4) is 0 Å². The van der Waals surface area contributed by atoms with Gasteiger partial charge in [-0.15, -0.1) is 0 Å². The van der Waals surface area contributed by atoms with Crippen LogP contribution in [0.25, 0.3) is 0 Å². The minimum absolute atomic E-state index is 0.0349. The Morgan fingerprint density at radius 2 is 1.95 bits per heavy atom. The van der Waals surface area contributed by atoms with Crippen molar-refractivity contribution in [1.29, 1.82) is 0 Å². The molecule has 1 aliphatic rings. The highest BCUT2D eigenvalue weighted by Gasteiger charge is 2.33. The SMILES string of the molecule is CC(CNc1ccccc1)NC(=O)CC1(O)CCCC1. The summed E-state index contributed by atoms with van der Waals surface area (Å²) in [5.41, 5.74) is 0.277. The number of benzene rings is 1. The van der Waals surface area contributed by atoms with Gasteiger partial charge in [0.05, 0.1) is 12.0 Å². The fourth-order valence-corrected chi connectivity index (χ4v) is 2.71. The van der Waals surface area contributed by atoms with E-state index in [0.29, 0.717) is 6.54 Å². The molecule has 1 atom stereocenters. The lowest BCUT2D eigenvalue weighted by Gasteiger charge is -2.23. The van der Waals surface area contributed by atoms with E-state index >= 15 is 0 Å². The Bertz CT molecular complexity index is 427. The molecule has 20 heavy (non-hydrogen) atoms. The smallest absolute Gasteiger partial charge is 0.223 e. The molecular formula is C16H24N2O2. The number of aliphatic hydroxyl groups is 1. The van der Waals surface area contributed by atoms with Gasteiger partial charge in [-0.1, -0.05) is 31.0 Å². The first-order chi connectivity index (χ1) is 9.57. The molecule has 0 heterocycles. The van der Waals surface area contributed by atoms with Crippen molar-refractivity contribution in [2.45, 2.75) is 50.7 Å². The highest BCUT2D eigenvalue weighted by molar-refractivity contribution is 5.77. The van der Waals surface area contributed by atoms with E-state index in [4.69, 9.17) is 0 Å². The Morgan fingerprint density at radius 1 is 1.30 bits per heavy atom. The molecular weight excluding hydrogens is 252 g/mol. The van der Waals surface area contributed by atoms with Crippen LogP contribution in [0.2, 0.25) is 0 Å². The molecule has 2 rings (SSSR count). The number of hydrogen-bond acceptors (Lipinski definition) is 3. The molecule has 3 N–H and O–H groups in total. The van der Waals surface area contributed by atoms with Crippen molar-refractivity contribution >= 4 is 11.6 Å². The molecule has 0 radical (unpaired) electrons. The van der Waals surface area contributed by atoms with Gasteiger partial charge < -0.3 is 15.7 Å². The van der Waals surface area contributed by atoms with Crippen LogP contribution in [0, 0.1) is 0 Å². The molecule has 110 valence electrons. The highest BCUT2D eigenvalue weighted by Crippen LogP contribution is 2.32. The zero-order valence-corrected chi connectivity index (χ0v) is 12.1. The van der Waals surface area contributed by atoms with E-state index in [0.717, 1.165) is 31.4 Å². The maximum atomic E-state index is 11.9. The average Bonchev–Trinajstić information content (AvgIpc) is 2.83. The second-order valence-electron chi connectivity index (χ2n) is 5.82. The van der Waals surface area contributed by atoms with Crippen molar-refractivity contribution in [2.75, 3.05) is 11.9 Å². The summed E-state index contributed by atoms with van der Waals surface area (Å²) in [7, 11) is 0. The first-order valence-corrected chi connectivity index (χ1v) is 7.38. The van der Waals surface area contributed by atoms with Crippen LogP contribution < -0.4 is 10.6 Å². The quantitative estimate of drug-likeness (QED) is 0.747. The van der Waals surface area contributed by atoms with Gasteiger partial charge in [0, 0.05) is 18.3 Å². The average molecular weight is 276 g/mol. The highest BCUT2D eigenvalue weighted by atomic mass is 16.3. The number of anilines is 1. The number of carbonyl (C=O) groups is 1. The normalized spacial score (nSPS) is 18.5. The van der Waals surface area contributed by atoms with Crippen LogP contribution in [0.5, 0.6) is 0 Å². The number of hydrogen-bond donors (Lipinski definition) is 3. The van der Waals surface area contributed by atoms with E-state index < -0.39 is 5.60 Å². The number of carbonyl (C=O) groups excluding carboxylic acids is 1. The molecule has 1 aromatic rings. The van der Waals surface area contributed by atoms with E-state index in [-0.39, 0.29) is 18.4 Å². The molecule has 4 heteroatoms. The van der Waals surface area contributed by atoms with Crippen molar-refractivity contribution in [3.63, 3.8) is 0 Å². The number of amides is 1. The van der Waals surface area contributed by atoms with Crippen LogP contribution >= 0.6 is 0 Å². The van der Waals surface area contributed by atoms with Crippen molar-refractivity contribution in [2.24, 2.45) is 0 Å². The molecule has 0 aliphatic heterocycles. The van der Waals surface area contributed by atoms with E-state index in [1.807, 2.05) is 37.3 Å². The number of rotatable bonds is 6. The van der Waals surface area contributed by atoms with Crippen molar-refractivity contribution in [1.82, 2.24) is 5.32 Å². The zero-order valence-electron chi connectivity index (χ0n) is 12.1. The van der Waals surface area contributed by atoms with E-state index in [9.17, 15) is 9.90 Å². The standard InChI is InChI=1S/C16H24N2O2/c1-13(12-17-14-7-3-2-4-8-14)18-15(19)11-16(20)9-5-6-10-16/h2-4,7-8,13,17,20H,5-6,9-12H2,1H3,(H,18,19). The predicted molar refractivity (Wildman–Crippen MR) is 80.6 cm³/mol. The molecule has 1 unspecified atom stereocenters. The third-order valence-electron chi connectivity index (χ3n) is 3.82. The zero-order chi connectivity index (χ0) is 14.4. The van der Waals surface area contributed by atoms with Gasteiger partial charge in [-0.2, -0.15) is 0 Å². The minimum Gasteiger partial charge on any atom is -0.389 e. The third-order valence-corrected chi connectivity index (χ3v) is 3.82. The van der Waals surface area contributed by atoms with Crippen molar-refractivity contribution < 1.29 is 9.90 Å². The topological polar surface area (TPSA) is 61.4 Å². The van der Waals surface area contributed by atoms with Gasteiger partial charge in [0.1, 0.15) is 0 Å². The summed E-state index contributed by atoms with van der Waals surface area (Å²) in [5, 5.41) is 16.4. The summed E-state index contributed by atoms with van der Waals surface area (Å²) in [6.07, 6.45) is 3.76. The largest absolute Gasteiger partial charge is 0.389 e. The maximum Gasteiger partial charge on any atom is 0.223 e. The molecule has 0 saturated heterocycles. The van der Waals surface area contributed by atoms with Crippen LogP contribution in [0.4, 0.5) is 5.69 Å². The molecule has 1 amide bonds. The van der Waals surface area contributed by atoms with Gasteiger partial charge in [-0.3, -0.25) is 4.79 Å². The Kier molecular flexibility index (Phi) is 5.01. The van der Waals surface area contributed by atoms with Gasteiger partial charge in [-0.05, 0) is 31.9 Å². The van der Waals surface area contributed by atoms with Crippen LogP contribution in [0.3, 0.4) is 0 Å². The molecule has 4 nitrogen and oxygen atoms in total. The molecule has 1 fully saturated rings. The third kappa shape index (κ3) is 4.53. The lowest BCUT2D eigenvalue weighted by molar-refractivity contribution is -0.126. The minimum atomic E-state index is -0.767. The van der Waals surface area contributed by atoms with Crippen LogP contribution in [0.1, 0.15) is 39.0 Å². The van der Waals surface area contributed by atoms with E-state index in [1.165, 1.54) is 0 Å². The fraction of sp³-hybridized carbons (Fsp3) is 0.562. The van der Waals surface area contributed by atoms with Gasteiger partial charge in [0.2, 0.25) is 5.91 Å².